The van der Waals surface area contributed by atoms with E-state index in [-0.39, 0.29) is 11.8 Å². The van der Waals surface area contributed by atoms with Gasteiger partial charge in [-0.3, -0.25) is 9.69 Å². The molecule has 2 unspecified atom stereocenters. The zero-order valence-corrected chi connectivity index (χ0v) is 12.1. The van der Waals surface area contributed by atoms with Gasteiger partial charge < -0.3 is 4.90 Å². The summed E-state index contributed by atoms with van der Waals surface area (Å²) in [6, 6.07) is 2.69. The van der Waals surface area contributed by atoms with Crippen molar-refractivity contribution in [2.24, 2.45) is 11.8 Å². The highest BCUT2D eigenvalue weighted by Crippen LogP contribution is 2.23. The highest BCUT2D eigenvalue weighted by Gasteiger charge is 2.34. The van der Waals surface area contributed by atoms with Crippen molar-refractivity contribution in [2.45, 2.75) is 45.6 Å². The average molecular weight is 263 g/mol. The Morgan fingerprint density at radius 3 is 2.47 bits per heavy atom. The first-order chi connectivity index (χ1) is 9.13. The first-order valence-electron chi connectivity index (χ1n) is 7.56. The van der Waals surface area contributed by atoms with Gasteiger partial charge in [0.25, 0.3) is 0 Å². The molecule has 0 saturated carbocycles. The molecule has 0 bridgehead atoms. The highest BCUT2D eigenvalue weighted by molar-refractivity contribution is 5.81. The monoisotopic (exact) mass is 263 g/mol. The molecule has 0 aromatic rings. The molecule has 2 rings (SSSR count). The van der Waals surface area contributed by atoms with Crippen molar-refractivity contribution in [2.75, 3.05) is 26.2 Å². The van der Waals surface area contributed by atoms with Crippen molar-refractivity contribution >= 4 is 5.91 Å². The number of piperidine rings is 1. The highest BCUT2D eigenvalue weighted by atomic mass is 16.2. The Labute approximate surface area is 116 Å². The molecule has 0 N–H and O–H groups in total. The van der Waals surface area contributed by atoms with Crippen molar-refractivity contribution in [1.82, 2.24) is 9.80 Å². The van der Waals surface area contributed by atoms with Crippen LogP contribution < -0.4 is 0 Å². The zero-order valence-electron chi connectivity index (χ0n) is 12.1. The van der Waals surface area contributed by atoms with E-state index in [9.17, 15) is 4.79 Å². The Morgan fingerprint density at radius 2 is 1.89 bits per heavy atom. The number of rotatable bonds is 3. The first-order valence-corrected chi connectivity index (χ1v) is 7.56. The molecular formula is C15H25N3O. The summed E-state index contributed by atoms with van der Waals surface area (Å²) >= 11 is 0. The number of likely N-dealkylation sites (tertiary alicyclic amines) is 2. The molecule has 0 aromatic carbocycles. The van der Waals surface area contributed by atoms with E-state index in [4.69, 9.17) is 5.26 Å². The molecule has 0 spiro atoms. The lowest BCUT2D eigenvalue weighted by Crippen LogP contribution is -2.43. The molecule has 0 radical (unpaired) electrons. The fraction of sp³-hybridized carbons (Fsp3) is 0.867. The number of carbonyl (C=O) groups is 1. The lowest BCUT2D eigenvalue weighted by atomic mass is 9.96. The van der Waals surface area contributed by atoms with Crippen LogP contribution >= 0.6 is 0 Å². The van der Waals surface area contributed by atoms with Crippen LogP contribution in [0.4, 0.5) is 0 Å². The van der Waals surface area contributed by atoms with Gasteiger partial charge in [0.05, 0.1) is 6.07 Å². The fourth-order valence-electron chi connectivity index (χ4n) is 3.21. The normalized spacial score (nSPS) is 26.4. The number of carbonyl (C=O) groups excluding carboxylic acids is 1. The second kappa shape index (κ2) is 6.38. The van der Waals surface area contributed by atoms with Crippen LogP contribution in [-0.4, -0.2) is 47.9 Å². The second-order valence-electron chi connectivity index (χ2n) is 6.17. The fourth-order valence-corrected chi connectivity index (χ4v) is 3.21. The molecule has 2 fully saturated rings. The topological polar surface area (TPSA) is 47.3 Å². The van der Waals surface area contributed by atoms with Gasteiger partial charge in [-0.15, -0.1) is 0 Å². The lowest BCUT2D eigenvalue weighted by Gasteiger charge is -2.32. The number of amides is 1. The van der Waals surface area contributed by atoms with Crippen molar-refractivity contribution in [3.05, 3.63) is 0 Å². The Kier molecular flexibility index (Phi) is 4.81. The molecule has 2 heterocycles. The van der Waals surface area contributed by atoms with E-state index in [2.05, 4.69) is 11.0 Å². The van der Waals surface area contributed by atoms with E-state index in [1.54, 1.807) is 0 Å². The van der Waals surface area contributed by atoms with Gasteiger partial charge in [-0.1, -0.05) is 20.3 Å². The summed E-state index contributed by atoms with van der Waals surface area (Å²) in [6.07, 6.45) is 4.99. The van der Waals surface area contributed by atoms with E-state index in [1.807, 2.05) is 18.7 Å². The van der Waals surface area contributed by atoms with Gasteiger partial charge in [0, 0.05) is 19.1 Å². The van der Waals surface area contributed by atoms with E-state index in [1.165, 1.54) is 32.4 Å². The van der Waals surface area contributed by atoms with Crippen LogP contribution in [0.2, 0.25) is 0 Å². The molecule has 4 heteroatoms. The molecule has 1 amide bonds. The van der Waals surface area contributed by atoms with Crippen molar-refractivity contribution in [1.29, 1.82) is 5.26 Å². The predicted octanol–water partition coefficient (Wildman–Crippen LogP) is 1.87. The van der Waals surface area contributed by atoms with E-state index in [0.29, 0.717) is 6.04 Å². The summed E-state index contributed by atoms with van der Waals surface area (Å²) < 4.78 is 0. The summed E-state index contributed by atoms with van der Waals surface area (Å²) in [5, 5.41) is 9.13. The van der Waals surface area contributed by atoms with Gasteiger partial charge in [0.1, 0.15) is 5.92 Å². The Bertz CT molecular complexity index is 355. The molecule has 0 aromatic heterocycles. The Hall–Kier alpha value is -1.08. The second-order valence-corrected chi connectivity index (χ2v) is 6.17. The van der Waals surface area contributed by atoms with Crippen LogP contribution in [-0.2, 0) is 4.79 Å². The third kappa shape index (κ3) is 3.27. The summed E-state index contributed by atoms with van der Waals surface area (Å²) in [7, 11) is 0. The Morgan fingerprint density at radius 1 is 1.21 bits per heavy atom. The van der Waals surface area contributed by atoms with Gasteiger partial charge in [0.2, 0.25) is 5.91 Å². The summed E-state index contributed by atoms with van der Waals surface area (Å²) in [4.78, 5) is 16.8. The number of hydrogen-bond donors (Lipinski definition) is 0. The van der Waals surface area contributed by atoms with Crippen LogP contribution in [0, 0.1) is 23.2 Å². The summed E-state index contributed by atoms with van der Waals surface area (Å²) in [5.41, 5.74) is 0. The minimum atomic E-state index is -0.472. The third-order valence-corrected chi connectivity index (χ3v) is 4.45. The average Bonchev–Trinajstić information content (AvgIpc) is 2.89. The first kappa shape index (κ1) is 14.3. The van der Waals surface area contributed by atoms with Crippen molar-refractivity contribution in [3.8, 4) is 6.07 Å². The molecular weight excluding hydrogens is 238 g/mol. The summed E-state index contributed by atoms with van der Waals surface area (Å²) in [6.45, 7) is 7.90. The van der Waals surface area contributed by atoms with E-state index < -0.39 is 5.92 Å². The molecule has 2 atom stereocenters. The van der Waals surface area contributed by atoms with E-state index >= 15 is 0 Å². The maximum absolute atomic E-state index is 12.3. The smallest absolute Gasteiger partial charge is 0.240 e. The standard InChI is InChI=1S/C15H25N3O/c1-12(2)14(10-16)15(19)18-9-6-13(11-18)17-7-4-3-5-8-17/h12-14H,3-9,11H2,1-2H3. The molecule has 2 saturated heterocycles. The van der Waals surface area contributed by atoms with Gasteiger partial charge in [-0.05, 0) is 38.3 Å². The zero-order chi connectivity index (χ0) is 13.8. The number of nitriles is 1. The molecule has 0 aliphatic carbocycles. The van der Waals surface area contributed by atoms with Gasteiger partial charge >= 0.3 is 0 Å². The maximum Gasteiger partial charge on any atom is 0.240 e. The summed E-state index contributed by atoms with van der Waals surface area (Å²) in [5.74, 6) is -0.330. The molecule has 19 heavy (non-hydrogen) atoms. The van der Waals surface area contributed by atoms with Crippen LogP contribution in [0.15, 0.2) is 0 Å². The molecule has 2 aliphatic heterocycles. The van der Waals surface area contributed by atoms with Crippen LogP contribution in [0.25, 0.3) is 0 Å². The molecule has 106 valence electrons. The van der Waals surface area contributed by atoms with E-state index in [0.717, 1.165) is 19.5 Å². The number of hydrogen-bond acceptors (Lipinski definition) is 3. The number of nitrogens with zero attached hydrogens (tertiary/aromatic N) is 3. The minimum absolute atomic E-state index is 0.0389. The van der Waals surface area contributed by atoms with Crippen LogP contribution in [0.3, 0.4) is 0 Å². The van der Waals surface area contributed by atoms with Gasteiger partial charge in [-0.25, -0.2) is 0 Å². The van der Waals surface area contributed by atoms with Crippen LogP contribution in [0.5, 0.6) is 0 Å². The minimum Gasteiger partial charge on any atom is -0.340 e. The largest absolute Gasteiger partial charge is 0.340 e. The molecule has 4 nitrogen and oxygen atoms in total. The lowest BCUT2D eigenvalue weighted by molar-refractivity contribution is -0.134. The quantitative estimate of drug-likeness (QED) is 0.781. The SMILES string of the molecule is CC(C)C(C#N)C(=O)N1CCC(N2CCCCC2)C1. The van der Waals surface area contributed by atoms with Crippen molar-refractivity contribution in [3.63, 3.8) is 0 Å². The third-order valence-electron chi connectivity index (χ3n) is 4.45. The molecule has 2 aliphatic rings. The maximum atomic E-state index is 12.3. The van der Waals surface area contributed by atoms with Gasteiger partial charge in [0.15, 0.2) is 0 Å². The van der Waals surface area contributed by atoms with Crippen molar-refractivity contribution < 1.29 is 4.79 Å². The van der Waals surface area contributed by atoms with Crippen LogP contribution in [0.1, 0.15) is 39.5 Å². The predicted molar refractivity (Wildman–Crippen MR) is 74.4 cm³/mol. The Balaban J connectivity index is 1.90. The van der Waals surface area contributed by atoms with Gasteiger partial charge in [-0.2, -0.15) is 5.26 Å².